The van der Waals surface area contributed by atoms with E-state index in [1.807, 2.05) is 18.2 Å². The predicted octanol–water partition coefficient (Wildman–Crippen LogP) is 2.41. The minimum Gasteiger partial charge on any atom is -0.355 e. The Morgan fingerprint density at radius 3 is 2.88 bits per heavy atom. The molecule has 1 saturated heterocycles. The molecule has 84 valence electrons. The number of benzene rings is 1. The van der Waals surface area contributed by atoms with Crippen LogP contribution >= 0.6 is 11.6 Å². The second-order valence-corrected chi connectivity index (χ2v) is 5.35. The van der Waals surface area contributed by atoms with E-state index in [2.05, 4.69) is 11.4 Å². The summed E-state index contributed by atoms with van der Waals surface area (Å²) in [7, 11) is 0. The molecule has 1 aliphatic heterocycles. The monoisotopic (exact) mass is 235 g/mol. The van der Waals surface area contributed by atoms with Crippen LogP contribution < -0.4 is 5.32 Å². The fourth-order valence-electron chi connectivity index (χ4n) is 3.00. The minimum absolute atomic E-state index is 0.155. The number of amides is 1. The van der Waals surface area contributed by atoms with Gasteiger partial charge in [-0.2, -0.15) is 0 Å². The van der Waals surface area contributed by atoms with Crippen LogP contribution in [0.25, 0.3) is 0 Å². The van der Waals surface area contributed by atoms with E-state index < -0.39 is 0 Å². The first-order chi connectivity index (χ1) is 7.71. The van der Waals surface area contributed by atoms with Gasteiger partial charge in [-0.1, -0.05) is 29.8 Å². The third kappa shape index (κ3) is 1.36. The number of hydrogen-bond acceptors (Lipinski definition) is 1. The molecule has 0 aromatic heterocycles. The topological polar surface area (TPSA) is 29.1 Å². The molecular formula is C13H14ClNO. The Hall–Kier alpha value is -1.02. The summed E-state index contributed by atoms with van der Waals surface area (Å²) in [6, 6.07) is 7.94. The molecule has 16 heavy (non-hydrogen) atoms. The average Bonchev–Trinajstić information content (AvgIpc) is 2.44. The van der Waals surface area contributed by atoms with Crippen LogP contribution in [0, 0.1) is 11.3 Å². The van der Waals surface area contributed by atoms with Crippen LogP contribution in [0.15, 0.2) is 24.3 Å². The first-order valence-corrected chi connectivity index (χ1v) is 6.10. The van der Waals surface area contributed by atoms with Crippen molar-refractivity contribution in [3.05, 3.63) is 34.9 Å². The first kappa shape index (κ1) is 10.2. The highest BCUT2D eigenvalue weighted by atomic mass is 35.5. The van der Waals surface area contributed by atoms with Crippen molar-refractivity contribution in [3.63, 3.8) is 0 Å². The number of carbonyl (C=O) groups excluding carboxylic acids is 1. The second kappa shape index (κ2) is 3.49. The molecule has 1 aromatic carbocycles. The summed E-state index contributed by atoms with van der Waals surface area (Å²) in [6.45, 7) is 0.821. The van der Waals surface area contributed by atoms with E-state index in [-0.39, 0.29) is 17.2 Å². The van der Waals surface area contributed by atoms with Gasteiger partial charge in [0.15, 0.2) is 0 Å². The maximum absolute atomic E-state index is 11.6. The number of rotatable bonds is 2. The van der Waals surface area contributed by atoms with Crippen LogP contribution in [0.1, 0.15) is 18.4 Å². The Labute approximate surface area is 100.0 Å². The molecule has 2 fully saturated rings. The standard InChI is InChI=1S/C13H14ClNO/c14-11-4-2-1-3-9(11)7-13-6-5-10(13)12(16)15-8-13/h1-4,10H,5-8H2,(H,15,16). The highest BCUT2D eigenvalue weighted by molar-refractivity contribution is 6.31. The highest BCUT2D eigenvalue weighted by Gasteiger charge is 2.54. The fraction of sp³-hybridized carbons (Fsp3) is 0.462. The molecule has 3 rings (SSSR count). The molecule has 1 saturated carbocycles. The number of halogens is 1. The van der Waals surface area contributed by atoms with E-state index in [4.69, 9.17) is 11.6 Å². The van der Waals surface area contributed by atoms with Gasteiger partial charge in [0.1, 0.15) is 0 Å². The molecule has 1 N–H and O–H groups in total. The van der Waals surface area contributed by atoms with Crippen LogP contribution in [0.3, 0.4) is 0 Å². The van der Waals surface area contributed by atoms with Gasteiger partial charge in [0, 0.05) is 22.9 Å². The molecule has 2 aliphatic rings. The summed E-state index contributed by atoms with van der Waals surface area (Å²) >= 11 is 6.17. The molecule has 2 atom stereocenters. The van der Waals surface area contributed by atoms with Crippen LogP contribution in [-0.2, 0) is 11.2 Å². The van der Waals surface area contributed by atoms with Gasteiger partial charge >= 0.3 is 0 Å². The lowest BCUT2D eigenvalue weighted by Crippen LogP contribution is -2.42. The smallest absolute Gasteiger partial charge is 0.223 e. The molecule has 0 radical (unpaired) electrons. The van der Waals surface area contributed by atoms with E-state index in [1.54, 1.807) is 0 Å². The molecule has 3 heteroatoms. The minimum atomic E-state index is 0.155. The molecule has 2 unspecified atom stereocenters. The van der Waals surface area contributed by atoms with Gasteiger partial charge in [-0.3, -0.25) is 4.79 Å². The van der Waals surface area contributed by atoms with Crippen LogP contribution in [0.4, 0.5) is 0 Å². The lowest BCUT2D eigenvalue weighted by atomic mass is 9.59. The highest BCUT2D eigenvalue weighted by Crippen LogP contribution is 2.52. The zero-order chi connectivity index (χ0) is 11.2. The summed E-state index contributed by atoms with van der Waals surface area (Å²) in [4.78, 5) is 11.6. The van der Waals surface area contributed by atoms with E-state index in [0.717, 1.165) is 30.8 Å². The van der Waals surface area contributed by atoms with Crippen molar-refractivity contribution >= 4 is 17.5 Å². The van der Waals surface area contributed by atoms with Gasteiger partial charge in [-0.05, 0) is 30.9 Å². The quantitative estimate of drug-likeness (QED) is 0.838. The Balaban J connectivity index is 1.86. The summed E-state index contributed by atoms with van der Waals surface area (Å²) in [5, 5.41) is 3.80. The van der Waals surface area contributed by atoms with Crippen molar-refractivity contribution in [2.75, 3.05) is 6.54 Å². The van der Waals surface area contributed by atoms with Gasteiger partial charge in [-0.15, -0.1) is 0 Å². The molecule has 2 nitrogen and oxygen atoms in total. The second-order valence-electron chi connectivity index (χ2n) is 4.94. The number of carbonyl (C=O) groups is 1. The van der Waals surface area contributed by atoms with Gasteiger partial charge in [0.05, 0.1) is 0 Å². The van der Waals surface area contributed by atoms with Crippen LogP contribution in [0.5, 0.6) is 0 Å². The molecule has 1 aromatic rings. The van der Waals surface area contributed by atoms with Crippen molar-refractivity contribution in [2.24, 2.45) is 11.3 Å². The van der Waals surface area contributed by atoms with E-state index in [1.165, 1.54) is 5.56 Å². The molecule has 1 amide bonds. The maximum Gasteiger partial charge on any atom is 0.223 e. The Morgan fingerprint density at radius 1 is 1.44 bits per heavy atom. The molecule has 1 aliphatic carbocycles. The molecule has 0 spiro atoms. The van der Waals surface area contributed by atoms with Crippen molar-refractivity contribution in [2.45, 2.75) is 19.3 Å². The number of nitrogens with one attached hydrogen (secondary N) is 1. The van der Waals surface area contributed by atoms with Crippen LogP contribution in [-0.4, -0.2) is 12.5 Å². The zero-order valence-corrected chi connectivity index (χ0v) is 9.76. The third-order valence-electron chi connectivity index (χ3n) is 4.10. The Bertz CT molecular complexity index is 445. The normalized spacial score (nSPS) is 31.8. The maximum atomic E-state index is 11.6. The number of fused-ring (bicyclic) bond motifs is 1. The molecular weight excluding hydrogens is 222 g/mol. The van der Waals surface area contributed by atoms with Crippen molar-refractivity contribution in [1.29, 1.82) is 0 Å². The van der Waals surface area contributed by atoms with Crippen LogP contribution in [0.2, 0.25) is 5.02 Å². The van der Waals surface area contributed by atoms with Gasteiger partial charge < -0.3 is 5.32 Å². The van der Waals surface area contributed by atoms with Gasteiger partial charge in [0.25, 0.3) is 0 Å². The predicted molar refractivity (Wildman–Crippen MR) is 63.3 cm³/mol. The zero-order valence-electron chi connectivity index (χ0n) is 9.00. The van der Waals surface area contributed by atoms with Crippen molar-refractivity contribution in [3.8, 4) is 0 Å². The largest absolute Gasteiger partial charge is 0.355 e. The third-order valence-corrected chi connectivity index (χ3v) is 4.47. The summed E-state index contributed by atoms with van der Waals surface area (Å²) in [6.07, 6.45) is 3.11. The number of hydrogen-bond donors (Lipinski definition) is 1. The van der Waals surface area contributed by atoms with E-state index in [9.17, 15) is 4.79 Å². The molecule has 1 heterocycles. The lowest BCUT2D eigenvalue weighted by molar-refractivity contribution is -0.127. The first-order valence-electron chi connectivity index (χ1n) is 5.72. The Kier molecular flexibility index (Phi) is 2.21. The Morgan fingerprint density at radius 2 is 2.25 bits per heavy atom. The van der Waals surface area contributed by atoms with E-state index >= 15 is 0 Å². The summed E-state index contributed by atoms with van der Waals surface area (Å²) in [5.74, 6) is 0.460. The SMILES string of the molecule is O=C1NCC2(Cc3ccccc3Cl)CCC12. The van der Waals surface area contributed by atoms with Crippen molar-refractivity contribution in [1.82, 2.24) is 5.32 Å². The van der Waals surface area contributed by atoms with E-state index in [0.29, 0.717) is 0 Å². The summed E-state index contributed by atoms with van der Waals surface area (Å²) < 4.78 is 0. The van der Waals surface area contributed by atoms with Crippen molar-refractivity contribution < 1.29 is 4.79 Å². The van der Waals surface area contributed by atoms with Gasteiger partial charge in [0.2, 0.25) is 5.91 Å². The summed E-state index contributed by atoms with van der Waals surface area (Å²) in [5.41, 5.74) is 1.33. The molecule has 0 bridgehead atoms. The lowest BCUT2D eigenvalue weighted by Gasteiger charge is -2.42. The van der Waals surface area contributed by atoms with Gasteiger partial charge in [-0.25, -0.2) is 0 Å². The fourth-order valence-corrected chi connectivity index (χ4v) is 3.20. The average molecular weight is 236 g/mol.